The van der Waals surface area contributed by atoms with Crippen LogP contribution in [-0.2, 0) is 11.3 Å². The minimum atomic E-state index is -0.788. The third kappa shape index (κ3) is 2.83. The van der Waals surface area contributed by atoms with Crippen molar-refractivity contribution >= 4 is 5.97 Å². The van der Waals surface area contributed by atoms with Crippen LogP contribution in [0.5, 0.6) is 0 Å². The molecule has 0 spiro atoms. The number of carbonyl (C=O) groups is 1. The predicted octanol–water partition coefficient (Wildman–Crippen LogP) is 1.88. The summed E-state index contributed by atoms with van der Waals surface area (Å²) in [4.78, 5) is 12.7. The molecule has 0 radical (unpaired) electrons. The molecule has 0 amide bonds. The molecule has 1 heterocycles. The molecule has 1 unspecified atom stereocenters. The number of furan rings is 1. The van der Waals surface area contributed by atoms with Gasteiger partial charge in [-0.3, -0.25) is 9.69 Å². The Morgan fingerprint density at radius 1 is 1.67 bits per heavy atom. The highest BCUT2D eigenvalue weighted by Gasteiger charge is 2.21. The molecule has 4 nitrogen and oxygen atoms in total. The Balaban J connectivity index is 2.66. The van der Waals surface area contributed by atoms with Crippen LogP contribution in [0.1, 0.15) is 24.7 Å². The van der Waals surface area contributed by atoms with E-state index in [2.05, 4.69) is 0 Å². The molecule has 0 saturated heterocycles. The van der Waals surface area contributed by atoms with Gasteiger partial charge in [-0.1, -0.05) is 6.92 Å². The van der Waals surface area contributed by atoms with E-state index in [4.69, 9.17) is 9.52 Å². The third-order valence-corrected chi connectivity index (χ3v) is 2.56. The van der Waals surface area contributed by atoms with E-state index in [1.807, 2.05) is 19.9 Å². The van der Waals surface area contributed by atoms with Crippen LogP contribution >= 0.6 is 0 Å². The largest absolute Gasteiger partial charge is 0.480 e. The average Bonchev–Trinajstić information content (AvgIpc) is 2.52. The van der Waals surface area contributed by atoms with Crippen LogP contribution in [0.2, 0.25) is 0 Å². The molecule has 0 aliphatic carbocycles. The topological polar surface area (TPSA) is 53.7 Å². The van der Waals surface area contributed by atoms with Crippen molar-refractivity contribution in [1.82, 2.24) is 4.90 Å². The molecule has 4 heteroatoms. The summed E-state index contributed by atoms with van der Waals surface area (Å²) in [5.41, 5.74) is 1.06. The van der Waals surface area contributed by atoms with Gasteiger partial charge in [0.1, 0.15) is 11.8 Å². The average molecular weight is 211 g/mol. The molecule has 15 heavy (non-hydrogen) atoms. The summed E-state index contributed by atoms with van der Waals surface area (Å²) in [6.45, 7) is 4.35. The van der Waals surface area contributed by atoms with Gasteiger partial charge in [-0.25, -0.2) is 0 Å². The van der Waals surface area contributed by atoms with E-state index >= 15 is 0 Å². The number of hydrogen-bond acceptors (Lipinski definition) is 3. The Morgan fingerprint density at radius 2 is 2.33 bits per heavy atom. The Kier molecular flexibility index (Phi) is 3.91. The zero-order valence-electron chi connectivity index (χ0n) is 9.36. The quantitative estimate of drug-likeness (QED) is 0.808. The standard InChI is InChI=1S/C11H17NO3/c1-4-9(11(13)14)12(3)7-10-8(2)5-6-15-10/h5-6,9H,4,7H2,1-3H3,(H,13,14). The lowest BCUT2D eigenvalue weighted by molar-refractivity contribution is -0.143. The van der Waals surface area contributed by atoms with Gasteiger partial charge >= 0.3 is 5.97 Å². The zero-order valence-corrected chi connectivity index (χ0v) is 9.36. The lowest BCUT2D eigenvalue weighted by atomic mass is 10.2. The van der Waals surface area contributed by atoms with Crippen molar-refractivity contribution in [3.8, 4) is 0 Å². The smallest absolute Gasteiger partial charge is 0.320 e. The van der Waals surface area contributed by atoms with Crippen LogP contribution in [0.3, 0.4) is 0 Å². The number of carboxylic acids is 1. The van der Waals surface area contributed by atoms with Gasteiger partial charge in [0.05, 0.1) is 12.8 Å². The molecule has 1 N–H and O–H groups in total. The van der Waals surface area contributed by atoms with Crippen molar-refractivity contribution < 1.29 is 14.3 Å². The Morgan fingerprint density at radius 3 is 2.73 bits per heavy atom. The molecule has 0 bridgehead atoms. The Labute approximate surface area is 89.5 Å². The van der Waals surface area contributed by atoms with Crippen LogP contribution in [0.15, 0.2) is 16.7 Å². The number of nitrogens with zero attached hydrogens (tertiary/aromatic N) is 1. The highest BCUT2D eigenvalue weighted by Crippen LogP contribution is 2.13. The minimum absolute atomic E-state index is 0.450. The summed E-state index contributed by atoms with van der Waals surface area (Å²) in [7, 11) is 1.80. The molecule has 1 rings (SSSR count). The van der Waals surface area contributed by atoms with E-state index in [1.54, 1.807) is 18.2 Å². The van der Waals surface area contributed by atoms with Crippen molar-refractivity contribution in [2.75, 3.05) is 7.05 Å². The van der Waals surface area contributed by atoms with Gasteiger partial charge in [0.2, 0.25) is 0 Å². The predicted molar refractivity (Wildman–Crippen MR) is 56.6 cm³/mol. The SMILES string of the molecule is CCC(C(=O)O)N(C)Cc1occc1C. The molecule has 1 atom stereocenters. The van der Waals surface area contributed by atoms with E-state index < -0.39 is 12.0 Å². The van der Waals surface area contributed by atoms with Gasteiger partial charge in [-0.05, 0) is 32.0 Å². The first kappa shape index (κ1) is 11.8. The van der Waals surface area contributed by atoms with Crippen molar-refractivity contribution in [3.05, 3.63) is 23.7 Å². The Hall–Kier alpha value is -1.29. The van der Waals surface area contributed by atoms with E-state index in [9.17, 15) is 4.79 Å². The second-order valence-corrected chi connectivity index (χ2v) is 3.70. The monoisotopic (exact) mass is 211 g/mol. The van der Waals surface area contributed by atoms with Crippen LogP contribution < -0.4 is 0 Å². The number of aliphatic carboxylic acids is 1. The normalized spacial score (nSPS) is 13.1. The van der Waals surface area contributed by atoms with Crippen molar-refractivity contribution in [1.29, 1.82) is 0 Å². The van der Waals surface area contributed by atoms with E-state index in [-0.39, 0.29) is 0 Å². The first-order valence-electron chi connectivity index (χ1n) is 5.02. The fraction of sp³-hybridized carbons (Fsp3) is 0.545. The summed E-state index contributed by atoms with van der Waals surface area (Å²) in [5, 5.41) is 8.97. The maximum atomic E-state index is 10.9. The van der Waals surface area contributed by atoms with E-state index in [0.717, 1.165) is 11.3 Å². The minimum Gasteiger partial charge on any atom is -0.480 e. The molecule has 0 saturated carbocycles. The fourth-order valence-electron chi connectivity index (χ4n) is 1.58. The number of carboxylic acid groups (broad SMARTS) is 1. The van der Waals surface area contributed by atoms with Gasteiger partial charge < -0.3 is 9.52 Å². The molecular formula is C11H17NO3. The van der Waals surface area contributed by atoms with Gasteiger partial charge in [0.25, 0.3) is 0 Å². The molecule has 0 aromatic carbocycles. The molecule has 84 valence electrons. The summed E-state index contributed by atoms with van der Waals surface area (Å²) in [6.07, 6.45) is 2.21. The van der Waals surface area contributed by atoms with Crippen LogP contribution in [0.4, 0.5) is 0 Å². The second kappa shape index (κ2) is 4.98. The van der Waals surface area contributed by atoms with Crippen molar-refractivity contribution in [2.45, 2.75) is 32.9 Å². The number of rotatable bonds is 5. The summed E-state index contributed by atoms with van der Waals surface area (Å²) in [6, 6.07) is 1.43. The van der Waals surface area contributed by atoms with Gasteiger partial charge in [0, 0.05) is 0 Å². The van der Waals surface area contributed by atoms with Crippen molar-refractivity contribution in [3.63, 3.8) is 0 Å². The maximum Gasteiger partial charge on any atom is 0.320 e. The highest BCUT2D eigenvalue weighted by atomic mass is 16.4. The molecule has 0 aliphatic heterocycles. The molecular weight excluding hydrogens is 194 g/mol. The Bertz CT molecular complexity index is 332. The molecule has 0 aliphatic rings. The van der Waals surface area contributed by atoms with Crippen LogP contribution in [0, 0.1) is 6.92 Å². The van der Waals surface area contributed by atoms with Gasteiger partial charge in [-0.2, -0.15) is 0 Å². The maximum absolute atomic E-state index is 10.9. The van der Waals surface area contributed by atoms with Gasteiger partial charge in [-0.15, -0.1) is 0 Å². The molecule has 1 aromatic heterocycles. The molecule has 0 fully saturated rings. The van der Waals surface area contributed by atoms with Crippen LogP contribution in [0.25, 0.3) is 0 Å². The number of aryl methyl sites for hydroxylation is 1. The number of likely N-dealkylation sites (N-methyl/N-ethyl adjacent to an activating group) is 1. The summed E-state index contributed by atoms with van der Waals surface area (Å²) >= 11 is 0. The fourth-order valence-corrected chi connectivity index (χ4v) is 1.58. The number of hydrogen-bond donors (Lipinski definition) is 1. The summed E-state index contributed by atoms with van der Waals surface area (Å²) in [5.74, 6) is 0.0430. The first-order chi connectivity index (χ1) is 7.06. The van der Waals surface area contributed by atoms with E-state index in [0.29, 0.717) is 13.0 Å². The first-order valence-corrected chi connectivity index (χ1v) is 5.02. The lowest BCUT2D eigenvalue weighted by Crippen LogP contribution is -2.37. The van der Waals surface area contributed by atoms with Crippen LogP contribution in [-0.4, -0.2) is 29.1 Å². The molecule has 1 aromatic rings. The highest BCUT2D eigenvalue weighted by molar-refractivity contribution is 5.73. The second-order valence-electron chi connectivity index (χ2n) is 3.70. The van der Waals surface area contributed by atoms with Gasteiger partial charge in [0.15, 0.2) is 0 Å². The summed E-state index contributed by atoms with van der Waals surface area (Å²) < 4.78 is 5.27. The van der Waals surface area contributed by atoms with E-state index in [1.165, 1.54) is 0 Å². The zero-order chi connectivity index (χ0) is 11.4. The lowest BCUT2D eigenvalue weighted by Gasteiger charge is -2.22. The van der Waals surface area contributed by atoms with Crippen molar-refractivity contribution in [2.24, 2.45) is 0 Å². The third-order valence-electron chi connectivity index (χ3n) is 2.56.